The van der Waals surface area contributed by atoms with E-state index in [1.54, 1.807) is 0 Å². The minimum Gasteiger partial charge on any atom is -0.481 e. The van der Waals surface area contributed by atoms with E-state index in [-0.39, 0.29) is 17.9 Å². The van der Waals surface area contributed by atoms with Gasteiger partial charge in [-0.3, -0.25) is 9.59 Å². The Bertz CT molecular complexity index is 409. The lowest BCUT2D eigenvalue weighted by Gasteiger charge is -2.28. The molecule has 7 heteroatoms. The second-order valence-corrected chi connectivity index (χ2v) is 5.43. The third-order valence-corrected chi connectivity index (χ3v) is 4.28. The predicted molar refractivity (Wildman–Crippen MR) is 64.1 cm³/mol. The molecule has 2 fully saturated rings. The maximum Gasteiger partial charge on any atom is 0.326 e. The van der Waals surface area contributed by atoms with Gasteiger partial charge in [0.1, 0.15) is 6.04 Å². The minimum absolute atomic E-state index is 0.208. The van der Waals surface area contributed by atoms with Gasteiger partial charge in [0.2, 0.25) is 5.91 Å². The van der Waals surface area contributed by atoms with E-state index in [4.69, 9.17) is 15.9 Å². The SMILES string of the molecule is NC1C2CCC(C2)C1C(=O)NC(CC(=O)O)C(=O)O. The monoisotopic (exact) mass is 270 g/mol. The Hall–Kier alpha value is -1.63. The maximum absolute atomic E-state index is 12.1. The van der Waals surface area contributed by atoms with E-state index < -0.39 is 30.3 Å². The van der Waals surface area contributed by atoms with Gasteiger partial charge in [-0.2, -0.15) is 0 Å². The molecule has 0 aromatic carbocycles. The number of aliphatic carboxylic acids is 2. The smallest absolute Gasteiger partial charge is 0.326 e. The van der Waals surface area contributed by atoms with E-state index in [1.807, 2.05) is 0 Å². The van der Waals surface area contributed by atoms with E-state index >= 15 is 0 Å². The number of carboxylic acids is 2. The van der Waals surface area contributed by atoms with Gasteiger partial charge in [0.15, 0.2) is 0 Å². The van der Waals surface area contributed by atoms with Crippen molar-refractivity contribution in [3.8, 4) is 0 Å². The summed E-state index contributed by atoms with van der Waals surface area (Å²) in [5.74, 6) is -2.86. The number of hydrogen-bond acceptors (Lipinski definition) is 4. The van der Waals surface area contributed by atoms with Crippen LogP contribution >= 0.6 is 0 Å². The van der Waals surface area contributed by atoms with Crippen LogP contribution in [0.2, 0.25) is 0 Å². The molecule has 1 amide bonds. The van der Waals surface area contributed by atoms with Crippen LogP contribution < -0.4 is 11.1 Å². The summed E-state index contributed by atoms with van der Waals surface area (Å²) in [5.41, 5.74) is 5.99. The fourth-order valence-electron chi connectivity index (χ4n) is 3.37. The number of hydrogen-bond donors (Lipinski definition) is 4. The molecule has 0 heterocycles. The van der Waals surface area contributed by atoms with Crippen LogP contribution in [0, 0.1) is 17.8 Å². The van der Waals surface area contributed by atoms with Crippen molar-refractivity contribution in [1.29, 1.82) is 0 Å². The van der Waals surface area contributed by atoms with Crippen molar-refractivity contribution in [1.82, 2.24) is 5.32 Å². The summed E-state index contributed by atoms with van der Waals surface area (Å²) in [6.45, 7) is 0. The van der Waals surface area contributed by atoms with Crippen LogP contribution in [0.15, 0.2) is 0 Å². The first-order chi connectivity index (χ1) is 8.90. The molecular weight excluding hydrogens is 252 g/mol. The summed E-state index contributed by atoms with van der Waals surface area (Å²) in [6, 6.07) is -1.63. The predicted octanol–water partition coefficient (Wildman–Crippen LogP) is -0.596. The molecule has 2 aliphatic rings. The third-order valence-electron chi connectivity index (χ3n) is 4.28. The Morgan fingerprint density at radius 1 is 1.21 bits per heavy atom. The van der Waals surface area contributed by atoms with Crippen molar-refractivity contribution in [2.24, 2.45) is 23.5 Å². The normalized spacial score (nSPS) is 33.9. The van der Waals surface area contributed by atoms with Gasteiger partial charge in [-0.15, -0.1) is 0 Å². The lowest BCUT2D eigenvalue weighted by molar-refractivity contribution is -0.147. The average molecular weight is 270 g/mol. The highest BCUT2D eigenvalue weighted by atomic mass is 16.4. The van der Waals surface area contributed by atoms with E-state index in [0.29, 0.717) is 5.92 Å². The van der Waals surface area contributed by atoms with Gasteiger partial charge >= 0.3 is 11.9 Å². The van der Waals surface area contributed by atoms with E-state index in [1.165, 1.54) is 0 Å². The second-order valence-electron chi connectivity index (χ2n) is 5.43. The van der Waals surface area contributed by atoms with Gasteiger partial charge in [0, 0.05) is 6.04 Å². The van der Waals surface area contributed by atoms with Crippen LogP contribution in [0.1, 0.15) is 25.7 Å². The highest BCUT2D eigenvalue weighted by Gasteiger charge is 2.49. The van der Waals surface area contributed by atoms with Crippen LogP contribution in [-0.2, 0) is 14.4 Å². The highest BCUT2D eigenvalue weighted by molar-refractivity contribution is 5.88. The number of carbonyl (C=O) groups excluding carboxylic acids is 1. The third kappa shape index (κ3) is 2.70. The number of amides is 1. The van der Waals surface area contributed by atoms with Crippen LogP contribution in [0.4, 0.5) is 0 Å². The molecule has 2 bridgehead atoms. The fraction of sp³-hybridized carbons (Fsp3) is 0.750. The molecule has 5 atom stereocenters. The van der Waals surface area contributed by atoms with E-state index in [9.17, 15) is 14.4 Å². The standard InChI is InChI=1S/C12H18N2O5/c13-10-6-2-1-5(3-6)9(10)11(17)14-7(12(18)19)4-8(15)16/h5-7,9-10H,1-4,13H2,(H,14,17)(H,15,16)(H,18,19). The summed E-state index contributed by atoms with van der Waals surface area (Å²) in [5, 5.41) is 19.8. The first-order valence-electron chi connectivity index (χ1n) is 6.40. The quantitative estimate of drug-likeness (QED) is 0.528. The van der Waals surface area contributed by atoms with Gasteiger partial charge < -0.3 is 21.3 Å². The molecule has 0 saturated heterocycles. The summed E-state index contributed by atoms with van der Waals surface area (Å²) in [4.78, 5) is 33.6. The zero-order valence-electron chi connectivity index (χ0n) is 10.4. The molecule has 0 aliphatic heterocycles. The Morgan fingerprint density at radius 2 is 1.84 bits per heavy atom. The molecule has 0 spiro atoms. The number of nitrogens with one attached hydrogen (secondary N) is 1. The molecule has 5 N–H and O–H groups in total. The number of carbonyl (C=O) groups is 3. The molecule has 106 valence electrons. The van der Waals surface area contributed by atoms with Crippen molar-refractivity contribution in [2.75, 3.05) is 0 Å². The molecule has 7 nitrogen and oxygen atoms in total. The molecule has 0 aromatic heterocycles. The summed E-state index contributed by atoms with van der Waals surface area (Å²) in [6.07, 6.45) is 2.24. The van der Waals surface area contributed by atoms with E-state index in [0.717, 1.165) is 19.3 Å². The van der Waals surface area contributed by atoms with E-state index in [2.05, 4.69) is 5.32 Å². The Kier molecular flexibility index (Phi) is 3.75. The number of nitrogens with two attached hydrogens (primary N) is 1. The maximum atomic E-state index is 12.1. The first kappa shape index (κ1) is 13.8. The molecular formula is C12H18N2O5. The fourth-order valence-corrected chi connectivity index (χ4v) is 3.37. The molecule has 2 aliphatic carbocycles. The number of rotatable bonds is 5. The van der Waals surface area contributed by atoms with Crippen LogP contribution in [0.5, 0.6) is 0 Å². The number of fused-ring (bicyclic) bond motifs is 2. The van der Waals surface area contributed by atoms with Crippen molar-refractivity contribution >= 4 is 17.8 Å². The van der Waals surface area contributed by atoms with Gasteiger partial charge in [-0.05, 0) is 31.1 Å². The van der Waals surface area contributed by atoms with Crippen LogP contribution in [0.25, 0.3) is 0 Å². The summed E-state index contributed by atoms with van der Waals surface area (Å²) >= 11 is 0. The first-order valence-corrected chi connectivity index (χ1v) is 6.40. The minimum atomic E-state index is -1.39. The molecule has 0 radical (unpaired) electrons. The van der Waals surface area contributed by atoms with Crippen LogP contribution in [-0.4, -0.2) is 40.1 Å². The molecule has 19 heavy (non-hydrogen) atoms. The highest BCUT2D eigenvalue weighted by Crippen LogP contribution is 2.47. The topological polar surface area (TPSA) is 130 Å². The average Bonchev–Trinajstić information content (AvgIpc) is 2.87. The van der Waals surface area contributed by atoms with Crippen molar-refractivity contribution < 1.29 is 24.6 Å². The van der Waals surface area contributed by atoms with Crippen molar-refractivity contribution in [3.05, 3.63) is 0 Å². The van der Waals surface area contributed by atoms with Gasteiger partial charge in [0.25, 0.3) is 0 Å². The summed E-state index contributed by atoms with van der Waals surface area (Å²) in [7, 11) is 0. The second kappa shape index (κ2) is 5.16. The molecule has 0 aromatic rings. The lowest BCUT2D eigenvalue weighted by Crippen LogP contribution is -2.50. The zero-order valence-corrected chi connectivity index (χ0v) is 10.4. The van der Waals surface area contributed by atoms with Crippen molar-refractivity contribution in [2.45, 2.75) is 37.8 Å². The number of carboxylic acid groups (broad SMARTS) is 2. The Balaban J connectivity index is 1.99. The molecule has 5 unspecified atom stereocenters. The summed E-state index contributed by atoms with van der Waals surface area (Å²) < 4.78 is 0. The van der Waals surface area contributed by atoms with Crippen molar-refractivity contribution in [3.63, 3.8) is 0 Å². The lowest BCUT2D eigenvalue weighted by atomic mass is 9.84. The van der Waals surface area contributed by atoms with Gasteiger partial charge in [-0.25, -0.2) is 4.79 Å². The Morgan fingerprint density at radius 3 is 2.32 bits per heavy atom. The Labute approximate surface area is 110 Å². The van der Waals surface area contributed by atoms with Crippen LogP contribution in [0.3, 0.4) is 0 Å². The van der Waals surface area contributed by atoms with Gasteiger partial charge in [0.05, 0.1) is 12.3 Å². The largest absolute Gasteiger partial charge is 0.481 e. The molecule has 2 rings (SSSR count). The van der Waals surface area contributed by atoms with Gasteiger partial charge in [-0.1, -0.05) is 0 Å². The molecule has 2 saturated carbocycles. The zero-order chi connectivity index (χ0) is 14.2.